The number of carbonyl (C=O) groups is 1. The second-order valence-electron chi connectivity index (χ2n) is 7.66. The first kappa shape index (κ1) is 20.9. The molecule has 3 aliphatic rings. The predicted octanol–water partition coefficient (Wildman–Crippen LogP) is -0.318. The summed E-state index contributed by atoms with van der Waals surface area (Å²) in [6.45, 7) is 3.27. The number of carbonyl (C=O) groups excluding carboxylic acids is 1. The molecule has 0 saturated carbocycles. The molecule has 1 unspecified atom stereocenters. The molecule has 3 fully saturated rings. The van der Waals surface area contributed by atoms with Crippen LogP contribution in [0.2, 0.25) is 0 Å². The number of amides is 1. The van der Waals surface area contributed by atoms with Crippen molar-refractivity contribution in [2.24, 2.45) is 0 Å². The minimum Gasteiger partial charge on any atom is -0.379 e. The van der Waals surface area contributed by atoms with Crippen LogP contribution in [0.4, 0.5) is 0 Å². The summed E-state index contributed by atoms with van der Waals surface area (Å²) >= 11 is 0. The van der Waals surface area contributed by atoms with Gasteiger partial charge in [-0.25, -0.2) is 0 Å². The van der Waals surface area contributed by atoms with Crippen LogP contribution < -0.4 is 0 Å². The van der Waals surface area contributed by atoms with Crippen molar-refractivity contribution in [2.75, 3.05) is 66.7 Å². The Labute approximate surface area is 161 Å². The summed E-state index contributed by atoms with van der Waals surface area (Å²) < 4.78 is 45.8. The summed E-state index contributed by atoms with van der Waals surface area (Å²) in [5.74, 6) is -0.0537. The Morgan fingerprint density at radius 1 is 1.11 bits per heavy atom. The van der Waals surface area contributed by atoms with Crippen molar-refractivity contribution in [3.05, 3.63) is 0 Å². The van der Waals surface area contributed by atoms with E-state index in [0.717, 1.165) is 6.42 Å². The van der Waals surface area contributed by atoms with Crippen LogP contribution in [0.25, 0.3) is 0 Å². The number of piperidine rings is 1. The summed E-state index contributed by atoms with van der Waals surface area (Å²) in [5.41, 5.74) is -0.346. The van der Waals surface area contributed by atoms with Gasteiger partial charge in [-0.3, -0.25) is 4.79 Å². The third kappa shape index (κ3) is 4.99. The topological polar surface area (TPSA) is 88.6 Å². The third-order valence-electron chi connectivity index (χ3n) is 5.65. The zero-order valence-corrected chi connectivity index (χ0v) is 17.1. The Balaban J connectivity index is 1.53. The van der Waals surface area contributed by atoms with E-state index in [4.69, 9.17) is 14.2 Å². The first-order valence-electron chi connectivity index (χ1n) is 9.61. The highest BCUT2D eigenvalue weighted by Crippen LogP contribution is 2.37. The first-order chi connectivity index (χ1) is 12.8. The van der Waals surface area contributed by atoms with E-state index >= 15 is 0 Å². The fourth-order valence-electron chi connectivity index (χ4n) is 3.86. The van der Waals surface area contributed by atoms with E-state index in [1.807, 2.05) is 0 Å². The van der Waals surface area contributed by atoms with Crippen molar-refractivity contribution in [3.63, 3.8) is 0 Å². The summed E-state index contributed by atoms with van der Waals surface area (Å²) in [4.78, 5) is 13.3. The van der Waals surface area contributed by atoms with E-state index in [9.17, 15) is 13.2 Å². The first-order valence-corrected chi connectivity index (χ1v) is 11.0. The summed E-state index contributed by atoms with van der Waals surface area (Å²) in [6.07, 6.45) is 2.75. The zero-order valence-electron chi connectivity index (χ0n) is 16.3. The van der Waals surface area contributed by atoms with Gasteiger partial charge >= 0.3 is 0 Å². The fraction of sp³-hybridized carbons (Fsp3) is 0.941. The molecule has 0 radical (unpaired) electrons. The zero-order chi connectivity index (χ0) is 19.5. The molecule has 3 rings (SSSR count). The Bertz CT molecular complexity index is 612. The molecule has 0 N–H and O–H groups in total. The van der Waals surface area contributed by atoms with Crippen LogP contribution >= 0.6 is 0 Å². The predicted molar refractivity (Wildman–Crippen MR) is 98.5 cm³/mol. The van der Waals surface area contributed by atoms with E-state index in [0.29, 0.717) is 65.3 Å². The molecule has 3 saturated heterocycles. The molecule has 0 aliphatic carbocycles. The van der Waals surface area contributed by atoms with E-state index < -0.39 is 10.2 Å². The second-order valence-corrected chi connectivity index (χ2v) is 9.59. The van der Waals surface area contributed by atoms with Crippen molar-refractivity contribution < 1.29 is 27.4 Å². The number of rotatable bonds is 5. The van der Waals surface area contributed by atoms with Gasteiger partial charge < -0.3 is 19.1 Å². The Morgan fingerprint density at radius 2 is 1.74 bits per heavy atom. The Morgan fingerprint density at radius 3 is 2.37 bits per heavy atom. The molecule has 0 aromatic rings. The molecule has 156 valence electrons. The van der Waals surface area contributed by atoms with Crippen LogP contribution in [0.1, 0.15) is 25.7 Å². The van der Waals surface area contributed by atoms with Crippen LogP contribution in [0.3, 0.4) is 0 Å². The van der Waals surface area contributed by atoms with Crippen molar-refractivity contribution in [2.45, 2.75) is 37.4 Å². The van der Waals surface area contributed by atoms with Gasteiger partial charge in [0.15, 0.2) is 0 Å². The van der Waals surface area contributed by atoms with Gasteiger partial charge in [0.1, 0.15) is 6.61 Å². The van der Waals surface area contributed by atoms with Crippen molar-refractivity contribution in [1.82, 2.24) is 13.5 Å². The van der Waals surface area contributed by atoms with Gasteiger partial charge in [-0.2, -0.15) is 17.0 Å². The largest absolute Gasteiger partial charge is 0.379 e. The Kier molecular flexibility index (Phi) is 6.75. The molecule has 3 heterocycles. The van der Waals surface area contributed by atoms with E-state index in [-0.39, 0.29) is 24.2 Å². The Hall–Kier alpha value is -0.780. The van der Waals surface area contributed by atoms with Gasteiger partial charge in [0.05, 0.1) is 24.9 Å². The molecule has 0 aromatic carbocycles. The molecular formula is C17H31N3O6S. The van der Waals surface area contributed by atoms with Gasteiger partial charge in [-0.05, 0) is 19.3 Å². The SMILES string of the molecule is CN(C)C(=O)COC1CCOC2(CCN(S(=O)(=O)N3CCOCC3)CC2)C1. The molecule has 1 atom stereocenters. The van der Waals surface area contributed by atoms with Crippen LogP contribution in [0.5, 0.6) is 0 Å². The summed E-state index contributed by atoms with van der Waals surface area (Å²) in [5, 5.41) is 0. The lowest BCUT2D eigenvalue weighted by molar-refractivity contribution is -0.159. The summed E-state index contributed by atoms with van der Waals surface area (Å²) in [7, 11) is -0.0150. The minimum absolute atomic E-state index is 0.0231. The third-order valence-corrected chi connectivity index (χ3v) is 7.68. The lowest BCUT2D eigenvalue weighted by Crippen LogP contribution is -2.55. The normalized spacial score (nSPS) is 27.6. The van der Waals surface area contributed by atoms with Crippen LogP contribution in [-0.2, 0) is 29.2 Å². The fourth-order valence-corrected chi connectivity index (χ4v) is 5.44. The lowest BCUT2D eigenvalue weighted by Gasteiger charge is -2.46. The quantitative estimate of drug-likeness (QED) is 0.623. The van der Waals surface area contributed by atoms with Crippen LogP contribution in [-0.4, -0.2) is 106 Å². The highest BCUT2D eigenvalue weighted by atomic mass is 32.2. The molecule has 27 heavy (non-hydrogen) atoms. The lowest BCUT2D eigenvalue weighted by atomic mass is 9.84. The molecule has 1 spiro atoms. The molecular weight excluding hydrogens is 374 g/mol. The van der Waals surface area contributed by atoms with Crippen molar-refractivity contribution >= 4 is 16.1 Å². The molecule has 9 nitrogen and oxygen atoms in total. The molecule has 1 amide bonds. The van der Waals surface area contributed by atoms with Crippen molar-refractivity contribution in [1.29, 1.82) is 0 Å². The monoisotopic (exact) mass is 405 g/mol. The number of hydrogen-bond acceptors (Lipinski definition) is 6. The number of hydrogen-bond donors (Lipinski definition) is 0. The standard InChI is InChI=1S/C17H31N3O6S/c1-18(2)16(21)14-25-15-3-10-26-17(13-15)4-6-19(7-5-17)27(22,23)20-8-11-24-12-9-20/h15H,3-14H2,1-2H3. The van der Waals surface area contributed by atoms with Crippen LogP contribution in [0.15, 0.2) is 0 Å². The minimum atomic E-state index is -3.44. The van der Waals surface area contributed by atoms with Gasteiger partial charge in [0.25, 0.3) is 10.2 Å². The number of nitrogens with zero attached hydrogens (tertiary/aromatic N) is 3. The second kappa shape index (κ2) is 8.71. The average Bonchev–Trinajstić information content (AvgIpc) is 2.67. The smallest absolute Gasteiger partial charge is 0.282 e. The van der Waals surface area contributed by atoms with Crippen LogP contribution in [0, 0.1) is 0 Å². The number of likely N-dealkylation sites (N-methyl/N-ethyl adjacent to an activating group) is 1. The number of ether oxygens (including phenoxy) is 3. The van der Waals surface area contributed by atoms with Gasteiger partial charge in [0.2, 0.25) is 5.91 Å². The van der Waals surface area contributed by atoms with Gasteiger partial charge in [-0.15, -0.1) is 0 Å². The van der Waals surface area contributed by atoms with E-state index in [2.05, 4.69) is 0 Å². The van der Waals surface area contributed by atoms with Crippen molar-refractivity contribution in [3.8, 4) is 0 Å². The van der Waals surface area contributed by atoms with E-state index in [1.54, 1.807) is 18.4 Å². The summed E-state index contributed by atoms with van der Waals surface area (Å²) in [6, 6.07) is 0. The maximum absolute atomic E-state index is 12.8. The highest BCUT2D eigenvalue weighted by Gasteiger charge is 2.44. The molecule has 0 aromatic heterocycles. The molecule has 3 aliphatic heterocycles. The number of morpholine rings is 1. The van der Waals surface area contributed by atoms with Gasteiger partial charge in [0, 0.05) is 53.3 Å². The van der Waals surface area contributed by atoms with E-state index in [1.165, 1.54) is 9.21 Å². The van der Waals surface area contributed by atoms with Gasteiger partial charge in [-0.1, -0.05) is 0 Å². The maximum Gasteiger partial charge on any atom is 0.282 e. The average molecular weight is 406 g/mol. The highest BCUT2D eigenvalue weighted by molar-refractivity contribution is 7.86. The maximum atomic E-state index is 12.8. The molecule has 10 heteroatoms. The molecule has 0 bridgehead atoms.